The third-order valence-corrected chi connectivity index (χ3v) is 3.66. The van der Waals surface area contributed by atoms with Gasteiger partial charge in [0.1, 0.15) is 0 Å². The van der Waals surface area contributed by atoms with Crippen molar-refractivity contribution in [2.24, 2.45) is 0 Å². The van der Waals surface area contributed by atoms with Crippen molar-refractivity contribution in [1.82, 2.24) is 10.2 Å². The van der Waals surface area contributed by atoms with Gasteiger partial charge in [0.25, 0.3) is 0 Å². The number of hydrogen-bond acceptors (Lipinski definition) is 3. The second-order valence-electron chi connectivity index (χ2n) is 4.74. The van der Waals surface area contributed by atoms with E-state index in [4.69, 9.17) is 4.74 Å². The molecule has 0 bridgehead atoms. The zero-order valence-electron chi connectivity index (χ0n) is 12.7. The number of rotatable bonds is 9. The van der Waals surface area contributed by atoms with Crippen LogP contribution in [0.1, 0.15) is 32.4 Å². The van der Waals surface area contributed by atoms with Gasteiger partial charge in [0.15, 0.2) is 0 Å². The Morgan fingerprint density at radius 2 is 1.89 bits per heavy atom. The lowest BCUT2D eigenvalue weighted by molar-refractivity contribution is 0.0909. The SMILES string of the molecule is CCOCCN(CC)C(C)C(NC)c1ccccc1. The lowest BCUT2D eigenvalue weighted by Crippen LogP contribution is -2.43. The van der Waals surface area contributed by atoms with Gasteiger partial charge in [-0.15, -0.1) is 0 Å². The summed E-state index contributed by atoms with van der Waals surface area (Å²) in [7, 11) is 2.03. The average Bonchev–Trinajstić information content (AvgIpc) is 2.45. The fraction of sp³-hybridized carbons (Fsp3) is 0.625. The Bertz CT molecular complexity index is 329. The first-order chi connectivity index (χ1) is 9.24. The van der Waals surface area contributed by atoms with Gasteiger partial charge in [-0.05, 0) is 33.0 Å². The Balaban J connectivity index is 2.67. The zero-order chi connectivity index (χ0) is 14.1. The summed E-state index contributed by atoms with van der Waals surface area (Å²) in [5.74, 6) is 0. The Morgan fingerprint density at radius 3 is 2.42 bits per heavy atom. The smallest absolute Gasteiger partial charge is 0.0593 e. The van der Waals surface area contributed by atoms with Crippen molar-refractivity contribution in [3.63, 3.8) is 0 Å². The van der Waals surface area contributed by atoms with Crippen LogP contribution in [0.3, 0.4) is 0 Å². The van der Waals surface area contributed by atoms with E-state index in [0.717, 1.165) is 26.3 Å². The molecule has 0 saturated heterocycles. The van der Waals surface area contributed by atoms with Crippen LogP contribution in [-0.2, 0) is 4.74 Å². The number of hydrogen-bond donors (Lipinski definition) is 1. The topological polar surface area (TPSA) is 24.5 Å². The van der Waals surface area contributed by atoms with Crippen LogP contribution in [-0.4, -0.2) is 44.3 Å². The molecule has 0 radical (unpaired) electrons. The molecule has 0 saturated carbocycles. The minimum absolute atomic E-state index is 0.350. The molecule has 0 aliphatic heterocycles. The molecule has 3 heteroatoms. The fourth-order valence-electron chi connectivity index (χ4n) is 2.53. The molecular formula is C16H28N2O. The quantitative estimate of drug-likeness (QED) is 0.694. The maximum Gasteiger partial charge on any atom is 0.0593 e. The van der Waals surface area contributed by atoms with Crippen LogP contribution in [0.5, 0.6) is 0 Å². The van der Waals surface area contributed by atoms with Gasteiger partial charge in [-0.1, -0.05) is 37.3 Å². The van der Waals surface area contributed by atoms with E-state index >= 15 is 0 Å². The predicted octanol–water partition coefficient (Wildman–Crippen LogP) is 2.69. The minimum Gasteiger partial charge on any atom is -0.380 e. The summed E-state index contributed by atoms with van der Waals surface area (Å²) in [6.45, 7) is 10.2. The molecule has 0 heterocycles. The van der Waals surface area contributed by atoms with Crippen molar-refractivity contribution in [2.45, 2.75) is 32.9 Å². The molecule has 0 spiro atoms. The highest BCUT2D eigenvalue weighted by molar-refractivity contribution is 5.20. The largest absolute Gasteiger partial charge is 0.380 e. The van der Waals surface area contributed by atoms with Gasteiger partial charge in [-0.2, -0.15) is 0 Å². The molecular weight excluding hydrogens is 236 g/mol. The lowest BCUT2D eigenvalue weighted by Gasteiger charge is -2.34. The van der Waals surface area contributed by atoms with Crippen LogP contribution in [0.25, 0.3) is 0 Å². The van der Waals surface area contributed by atoms with Gasteiger partial charge in [-0.3, -0.25) is 4.90 Å². The van der Waals surface area contributed by atoms with Crippen LogP contribution < -0.4 is 5.32 Å². The number of likely N-dealkylation sites (N-methyl/N-ethyl adjacent to an activating group) is 2. The van der Waals surface area contributed by atoms with E-state index in [1.807, 2.05) is 14.0 Å². The van der Waals surface area contributed by atoms with Crippen molar-refractivity contribution in [1.29, 1.82) is 0 Å². The third kappa shape index (κ3) is 4.94. The van der Waals surface area contributed by atoms with Crippen LogP contribution >= 0.6 is 0 Å². The first-order valence-electron chi connectivity index (χ1n) is 7.28. The molecule has 19 heavy (non-hydrogen) atoms. The van der Waals surface area contributed by atoms with E-state index in [9.17, 15) is 0 Å². The van der Waals surface area contributed by atoms with E-state index in [-0.39, 0.29) is 0 Å². The number of benzene rings is 1. The molecule has 0 fully saturated rings. The Kier molecular flexibility index (Phi) is 7.72. The van der Waals surface area contributed by atoms with E-state index in [1.54, 1.807) is 0 Å². The second kappa shape index (κ2) is 9.08. The van der Waals surface area contributed by atoms with Crippen molar-refractivity contribution in [2.75, 3.05) is 33.4 Å². The maximum atomic E-state index is 5.47. The third-order valence-electron chi connectivity index (χ3n) is 3.66. The van der Waals surface area contributed by atoms with Crippen LogP contribution in [0.15, 0.2) is 30.3 Å². The highest BCUT2D eigenvalue weighted by atomic mass is 16.5. The van der Waals surface area contributed by atoms with Crippen LogP contribution in [0, 0.1) is 0 Å². The first-order valence-corrected chi connectivity index (χ1v) is 7.28. The monoisotopic (exact) mass is 264 g/mol. The number of nitrogens with zero attached hydrogens (tertiary/aromatic N) is 1. The van der Waals surface area contributed by atoms with Gasteiger partial charge in [-0.25, -0.2) is 0 Å². The maximum absolute atomic E-state index is 5.47. The molecule has 0 amide bonds. The normalized spacial score (nSPS) is 14.6. The first kappa shape index (κ1) is 16.2. The molecule has 1 aromatic rings. The zero-order valence-corrected chi connectivity index (χ0v) is 12.7. The van der Waals surface area contributed by atoms with E-state index in [1.165, 1.54) is 5.56 Å². The molecule has 0 aromatic heterocycles. The highest BCUT2D eigenvalue weighted by Gasteiger charge is 2.22. The molecule has 0 aliphatic rings. The van der Waals surface area contributed by atoms with Crippen molar-refractivity contribution in [3.8, 4) is 0 Å². The summed E-state index contributed by atoms with van der Waals surface area (Å²) in [6.07, 6.45) is 0. The summed E-state index contributed by atoms with van der Waals surface area (Å²) in [4.78, 5) is 2.46. The standard InChI is InChI=1S/C16H28N2O/c1-5-18(12-13-19-6-2)14(3)16(17-4)15-10-8-7-9-11-15/h7-11,14,16-17H,5-6,12-13H2,1-4H3. The van der Waals surface area contributed by atoms with Gasteiger partial charge in [0.2, 0.25) is 0 Å². The van der Waals surface area contributed by atoms with Gasteiger partial charge in [0.05, 0.1) is 6.61 Å². The predicted molar refractivity (Wildman–Crippen MR) is 81.4 cm³/mol. The Hall–Kier alpha value is -0.900. The summed E-state index contributed by atoms with van der Waals surface area (Å²) in [5.41, 5.74) is 1.34. The highest BCUT2D eigenvalue weighted by Crippen LogP contribution is 2.20. The van der Waals surface area contributed by atoms with Crippen molar-refractivity contribution in [3.05, 3.63) is 35.9 Å². The van der Waals surface area contributed by atoms with Crippen LogP contribution in [0.4, 0.5) is 0 Å². The summed E-state index contributed by atoms with van der Waals surface area (Å²) < 4.78 is 5.47. The van der Waals surface area contributed by atoms with Crippen LogP contribution in [0.2, 0.25) is 0 Å². The van der Waals surface area contributed by atoms with Crippen molar-refractivity contribution < 1.29 is 4.74 Å². The summed E-state index contributed by atoms with van der Waals surface area (Å²) in [5, 5.41) is 3.44. The van der Waals surface area contributed by atoms with Gasteiger partial charge < -0.3 is 10.1 Å². The second-order valence-corrected chi connectivity index (χ2v) is 4.74. The molecule has 2 unspecified atom stereocenters. The minimum atomic E-state index is 0.350. The van der Waals surface area contributed by atoms with Gasteiger partial charge >= 0.3 is 0 Å². The molecule has 1 rings (SSSR count). The van der Waals surface area contributed by atoms with Gasteiger partial charge in [0, 0.05) is 25.2 Å². The molecule has 108 valence electrons. The summed E-state index contributed by atoms with van der Waals surface area (Å²) in [6, 6.07) is 11.4. The van der Waals surface area contributed by atoms with E-state index in [0.29, 0.717) is 12.1 Å². The average molecular weight is 264 g/mol. The molecule has 1 aromatic carbocycles. The Morgan fingerprint density at radius 1 is 1.21 bits per heavy atom. The fourth-order valence-corrected chi connectivity index (χ4v) is 2.53. The molecule has 1 N–H and O–H groups in total. The molecule has 3 nitrogen and oxygen atoms in total. The van der Waals surface area contributed by atoms with E-state index in [2.05, 4.69) is 54.4 Å². The molecule has 2 atom stereocenters. The van der Waals surface area contributed by atoms with Crippen molar-refractivity contribution >= 4 is 0 Å². The molecule has 0 aliphatic carbocycles. The lowest BCUT2D eigenvalue weighted by atomic mass is 9.99. The van der Waals surface area contributed by atoms with E-state index < -0.39 is 0 Å². The summed E-state index contributed by atoms with van der Waals surface area (Å²) >= 11 is 0. The number of ether oxygens (including phenoxy) is 1. The number of nitrogens with one attached hydrogen (secondary N) is 1. The Labute approximate surface area is 118 Å².